The van der Waals surface area contributed by atoms with Crippen molar-refractivity contribution in [2.75, 3.05) is 11.9 Å². The molecule has 1 unspecified atom stereocenters. The van der Waals surface area contributed by atoms with E-state index in [1.165, 1.54) is 0 Å². The van der Waals surface area contributed by atoms with Gasteiger partial charge in [-0.3, -0.25) is 9.59 Å². The number of anilines is 1. The molecule has 1 aromatic rings. The van der Waals surface area contributed by atoms with E-state index in [1.54, 1.807) is 17.0 Å². The minimum atomic E-state index is -0.851. The number of aryl methyl sites for hydroxylation is 1. The van der Waals surface area contributed by atoms with Crippen LogP contribution in [0.4, 0.5) is 5.82 Å². The first-order valence-corrected chi connectivity index (χ1v) is 6.97. The van der Waals surface area contributed by atoms with Crippen LogP contribution in [-0.4, -0.2) is 27.2 Å². The lowest BCUT2D eigenvalue weighted by Gasteiger charge is -2.15. The van der Waals surface area contributed by atoms with Crippen molar-refractivity contribution < 1.29 is 9.90 Å². The fourth-order valence-electron chi connectivity index (χ4n) is 2.05. The molecular weight excluding hydrogens is 258 g/mol. The number of carbonyl (C=O) groups is 1. The van der Waals surface area contributed by atoms with Gasteiger partial charge in [0.1, 0.15) is 0 Å². The van der Waals surface area contributed by atoms with Crippen LogP contribution in [0.5, 0.6) is 0 Å². The molecule has 0 aliphatic carbocycles. The van der Waals surface area contributed by atoms with Crippen molar-refractivity contribution in [3.8, 4) is 0 Å². The normalized spacial score (nSPS) is 12.4. The van der Waals surface area contributed by atoms with E-state index in [1.807, 2.05) is 20.8 Å². The lowest BCUT2D eigenvalue weighted by molar-refractivity contribution is -0.141. The maximum atomic E-state index is 12.1. The zero-order chi connectivity index (χ0) is 15.1. The van der Waals surface area contributed by atoms with Crippen LogP contribution in [0.15, 0.2) is 17.2 Å². The Morgan fingerprint density at radius 1 is 1.50 bits per heavy atom. The summed E-state index contributed by atoms with van der Waals surface area (Å²) in [7, 11) is 0. The smallest absolute Gasteiger partial charge is 0.308 e. The van der Waals surface area contributed by atoms with E-state index in [2.05, 4.69) is 10.3 Å². The van der Waals surface area contributed by atoms with Gasteiger partial charge in [0.25, 0.3) is 5.56 Å². The average Bonchev–Trinajstić information content (AvgIpc) is 2.37. The van der Waals surface area contributed by atoms with Gasteiger partial charge in [-0.25, -0.2) is 4.98 Å². The zero-order valence-electron chi connectivity index (χ0n) is 12.3. The lowest BCUT2D eigenvalue weighted by atomic mass is 9.97. The van der Waals surface area contributed by atoms with Crippen LogP contribution in [0.3, 0.4) is 0 Å². The van der Waals surface area contributed by atoms with Gasteiger partial charge in [-0.05, 0) is 18.8 Å². The van der Waals surface area contributed by atoms with E-state index < -0.39 is 11.9 Å². The fraction of sp³-hybridized carbons (Fsp3) is 0.643. The van der Waals surface area contributed by atoms with Crippen LogP contribution >= 0.6 is 0 Å². The molecule has 0 aliphatic heterocycles. The van der Waals surface area contributed by atoms with Gasteiger partial charge in [-0.15, -0.1) is 0 Å². The number of nitrogens with zero attached hydrogens (tertiary/aromatic N) is 2. The number of nitrogens with one attached hydrogen (secondary N) is 1. The Kier molecular flexibility index (Phi) is 6.21. The molecular formula is C14H23N3O3. The molecule has 0 spiro atoms. The van der Waals surface area contributed by atoms with Gasteiger partial charge in [0.05, 0.1) is 5.92 Å². The predicted molar refractivity (Wildman–Crippen MR) is 77.9 cm³/mol. The molecule has 1 rings (SSSR count). The summed E-state index contributed by atoms with van der Waals surface area (Å²) in [6.45, 7) is 6.79. The van der Waals surface area contributed by atoms with E-state index in [4.69, 9.17) is 5.11 Å². The molecule has 1 aromatic heterocycles. The number of hydrogen-bond donors (Lipinski definition) is 2. The van der Waals surface area contributed by atoms with E-state index in [0.717, 1.165) is 6.42 Å². The van der Waals surface area contributed by atoms with E-state index in [0.29, 0.717) is 18.9 Å². The zero-order valence-corrected chi connectivity index (χ0v) is 12.3. The van der Waals surface area contributed by atoms with Crippen LogP contribution in [0.2, 0.25) is 0 Å². The van der Waals surface area contributed by atoms with Gasteiger partial charge >= 0.3 is 5.97 Å². The molecule has 20 heavy (non-hydrogen) atoms. The summed E-state index contributed by atoms with van der Waals surface area (Å²) < 4.78 is 1.58. The van der Waals surface area contributed by atoms with Crippen molar-refractivity contribution in [2.24, 2.45) is 11.8 Å². The van der Waals surface area contributed by atoms with Crippen LogP contribution in [-0.2, 0) is 11.3 Å². The molecule has 112 valence electrons. The molecule has 0 fully saturated rings. The highest BCUT2D eigenvalue weighted by Gasteiger charge is 2.19. The summed E-state index contributed by atoms with van der Waals surface area (Å²) in [6.07, 6.45) is 4.62. The predicted octanol–water partition coefficient (Wildman–Crippen LogP) is 1.81. The number of carboxylic acid groups (broad SMARTS) is 1. The largest absolute Gasteiger partial charge is 0.481 e. The van der Waals surface area contributed by atoms with Gasteiger partial charge in [0.2, 0.25) is 0 Å². The van der Waals surface area contributed by atoms with Crippen LogP contribution in [0.25, 0.3) is 0 Å². The topological polar surface area (TPSA) is 84.2 Å². The first-order valence-electron chi connectivity index (χ1n) is 6.97. The third-order valence-electron chi connectivity index (χ3n) is 3.00. The Bertz CT molecular complexity index is 497. The van der Waals surface area contributed by atoms with Crippen LogP contribution in [0, 0.1) is 11.8 Å². The molecule has 1 atom stereocenters. The summed E-state index contributed by atoms with van der Waals surface area (Å²) in [5, 5.41) is 12.0. The van der Waals surface area contributed by atoms with Crippen molar-refractivity contribution in [2.45, 2.75) is 40.2 Å². The van der Waals surface area contributed by atoms with Crippen LogP contribution < -0.4 is 10.9 Å². The summed E-state index contributed by atoms with van der Waals surface area (Å²) in [5.74, 6) is -0.860. The van der Waals surface area contributed by atoms with Crippen LogP contribution in [0.1, 0.15) is 33.6 Å². The summed E-state index contributed by atoms with van der Waals surface area (Å²) in [5.41, 5.74) is -0.206. The highest BCUT2D eigenvalue weighted by molar-refractivity contribution is 5.70. The minimum absolute atomic E-state index is 0.206. The van der Waals surface area contributed by atoms with E-state index in [9.17, 15) is 9.59 Å². The van der Waals surface area contributed by atoms with Crippen molar-refractivity contribution in [1.29, 1.82) is 0 Å². The van der Waals surface area contributed by atoms with E-state index in [-0.39, 0.29) is 17.9 Å². The van der Waals surface area contributed by atoms with Gasteiger partial charge in [0, 0.05) is 25.5 Å². The monoisotopic (exact) mass is 281 g/mol. The van der Waals surface area contributed by atoms with Crippen molar-refractivity contribution >= 4 is 11.8 Å². The second-order valence-electron chi connectivity index (χ2n) is 5.32. The highest BCUT2D eigenvalue weighted by atomic mass is 16.4. The number of carboxylic acids is 1. The molecule has 0 amide bonds. The molecule has 6 heteroatoms. The van der Waals surface area contributed by atoms with Crippen molar-refractivity contribution in [3.05, 3.63) is 22.7 Å². The lowest BCUT2D eigenvalue weighted by Crippen LogP contribution is -2.29. The molecule has 6 nitrogen and oxygen atoms in total. The number of hydrogen-bond acceptors (Lipinski definition) is 4. The number of aliphatic carboxylic acids is 1. The summed E-state index contributed by atoms with van der Waals surface area (Å²) in [4.78, 5) is 27.2. The molecule has 1 heterocycles. The maximum Gasteiger partial charge on any atom is 0.308 e. The quantitative estimate of drug-likeness (QED) is 0.759. The first kappa shape index (κ1) is 16.2. The van der Waals surface area contributed by atoms with Crippen molar-refractivity contribution in [3.63, 3.8) is 0 Å². The van der Waals surface area contributed by atoms with Gasteiger partial charge in [-0.1, -0.05) is 20.8 Å². The highest BCUT2D eigenvalue weighted by Crippen LogP contribution is 2.12. The third kappa shape index (κ3) is 4.68. The molecule has 0 saturated carbocycles. The molecule has 0 radical (unpaired) electrons. The molecule has 2 N–H and O–H groups in total. The van der Waals surface area contributed by atoms with E-state index >= 15 is 0 Å². The summed E-state index contributed by atoms with van der Waals surface area (Å²) in [6, 6.07) is 0. The standard InChI is InChI=1S/C14H23N3O3/c1-4-6-17-7-5-15-12(13(17)18)16-9-11(14(19)20)8-10(2)3/h5,7,10-11H,4,6,8-9H2,1-3H3,(H,15,16)(H,19,20). The fourth-order valence-corrected chi connectivity index (χ4v) is 2.05. The Labute approximate surface area is 118 Å². The first-order chi connectivity index (χ1) is 9.45. The molecule has 0 aliphatic rings. The summed E-state index contributed by atoms with van der Waals surface area (Å²) >= 11 is 0. The molecule has 0 saturated heterocycles. The average molecular weight is 281 g/mol. The maximum absolute atomic E-state index is 12.1. The molecule has 0 aromatic carbocycles. The minimum Gasteiger partial charge on any atom is -0.481 e. The van der Waals surface area contributed by atoms with Gasteiger partial charge < -0.3 is 15.0 Å². The molecule has 0 bridgehead atoms. The second kappa shape index (κ2) is 7.67. The second-order valence-corrected chi connectivity index (χ2v) is 5.32. The Morgan fingerprint density at radius 3 is 2.75 bits per heavy atom. The van der Waals surface area contributed by atoms with Gasteiger partial charge in [-0.2, -0.15) is 0 Å². The SMILES string of the molecule is CCCn1ccnc(NCC(CC(C)C)C(=O)O)c1=O. The number of aromatic nitrogens is 2. The Balaban J connectivity index is 2.75. The van der Waals surface area contributed by atoms with Crippen molar-refractivity contribution in [1.82, 2.24) is 9.55 Å². The number of rotatable bonds is 8. The van der Waals surface area contributed by atoms with Gasteiger partial charge in [0.15, 0.2) is 5.82 Å². The Hall–Kier alpha value is -1.85. The Morgan fingerprint density at radius 2 is 2.20 bits per heavy atom. The third-order valence-corrected chi connectivity index (χ3v) is 3.00.